The van der Waals surface area contributed by atoms with E-state index in [1.807, 2.05) is 31.2 Å². The van der Waals surface area contributed by atoms with Crippen molar-refractivity contribution in [3.8, 4) is 5.75 Å². The lowest BCUT2D eigenvalue weighted by atomic mass is 10.1. The Kier molecular flexibility index (Phi) is 5.26. The molecule has 6 heteroatoms. The number of rotatable bonds is 5. The highest BCUT2D eigenvalue weighted by Gasteiger charge is 2.27. The Balaban J connectivity index is 2.37. The van der Waals surface area contributed by atoms with Gasteiger partial charge in [0.25, 0.3) is 0 Å². The van der Waals surface area contributed by atoms with Gasteiger partial charge in [0, 0.05) is 17.1 Å². The molecule has 22 heavy (non-hydrogen) atoms. The fourth-order valence-corrected chi connectivity index (χ4v) is 3.80. The monoisotopic (exact) mass is 383 g/mol. The second kappa shape index (κ2) is 6.81. The third-order valence-corrected chi connectivity index (χ3v) is 6.10. The number of hydrogen-bond acceptors (Lipinski definition) is 3. The summed E-state index contributed by atoms with van der Waals surface area (Å²) in [5.74, 6) is 0.674. The van der Waals surface area contributed by atoms with Crippen molar-refractivity contribution in [1.29, 1.82) is 0 Å². The Morgan fingerprint density at radius 1 is 1.09 bits per heavy atom. The SMILES string of the molecule is COc1ccccc1C(C)N(C)S(=O)(=O)c1ccc(Br)cc1. The van der Waals surface area contributed by atoms with Gasteiger partial charge in [-0.1, -0.05) is 34.1 Å². The zero-order valence-corrected chi connectivity index (χ0v) is 15.1. The number of nitrogens with zero attached hydrogens (tertiary/aromatic N) is 1. The van der Waals surface area contributed by atoms with E-state index in [0.29, 0.717) is 5.75 Å². The number of para-hydroxylation sites is 1. The zero-order valence-electron chi connectivity index (χ0n) is 12.7. The van der Waals surface area contributed by atoms with E-state index in [0.717, 1.165) is 10.0 Å². The van der Waals surface area contributed by atoms with Gasteiger partial charge in [0.2, 0.25) is 10.0 Å². The smallest absolute Gasteiger partial charge is 0.243 e. The van der Waals surface area contributed by atoms with Crippen LogP contribution in [0.4, 0.5) is 0 Å². The molecule has 0 fully saturated rings. The third-order valence-electron chi connectivity index (χ3n) is 3.63. The molecule has 0 amide bonds. The molecule has 0 aliphatic heterocycles. The van der Waals surface area contributed by atoms with Crippen LogP contribution in [-0.4, -0.2) is 26.9 Å². The van der Waals surface area contributed by atoms with Gasteiger partial charge in [-0.15, -0.1) is 0 Å². The Morgan fingerprint density at radius 3 is 2.27 bits per heavy atom. The van der Waals surface area contributed by atoms with E-state index < -0.39 is 10.0 Å². The lowest BCUT2D eigenvalue weighted by Gasteiger charge is -2.26. The van der Waals surface area contributed by atoms with Crippen LogP contribution in [-0.2, 0) is 10.0 Å². The average Bonchev–Trinajstić information content (AvgIpc) is 2.53. The van der Waals surface area contributed by atoms with Crippen LogP contribution in [0.25, 0.3) is 0 Å². The first-order chi connectivity index (χ1) is 10.4. The van der Waals surface area contributed by atoms with E-state index in [9.17, 15) is 8.42 Å². The second-order valence-electron chi connectivity index (χ2n) is 4.89. The van der Waals surface area contributed by atoms with Crippen molar-refractivity contribution in [3.05, 3.63) is 58.6 Å². The third kappa shape index (κ3) is 3.34. The van der Waals surface area contributed by atoms with Crippen molar-refractivity contribution < 1.29 is 13.2 Å². The van der Waals surface area contributed by atoms with Gasteiger partial charge in [0.1, 0.15) is 5.75 Å². The highest BCUT2D eigenvalue weighted by Crippen LogP contribution is 2.31. The number of sulfonamides is 1. The van der Waals surface area contributed by atoms with Crippen molar-refractivity contribution >= 4 is 26.0 Å². The van der Waals surface area contributed by atoms with E-state index in [1.54, 1.807) is 38.4 Å². The molecule has 2 aromatic carbocycles. The van der Waals surface area contributed by atoms with Crippen molar-refractivity contribution in [2.24, 2.45) is 0 Å². The first kappa shape index (κ1) is 17.0. The van der Waals surface area contributed by atoms with Crippen LogP contribution in [0.5, 0.6) is 5.75 Å². The normalized spacial score (nSPS) is 13.1. The molecule has 2 rings (SSSR count). The molecule has 0 radical (unpaired) electrons. The van der Waals surface area contributed by atoms with Gasteiger partial charge < -0.3 is 4.74 Å². The average molecular weight is 384 g/mol. The van der Waals surface area contributed by atoms with Crippen LogP contribution in [0.3, 0.4) is 0 Å². The van der Waals surface area contributed by atoms with Gasteiger partial charge in [-0.05, 0) is 37.3 Å². The molecular weight excluding hydrogens is 366 g/mol. The predicted octanol–water partition coefficient (Wildman–Crippen LogP) is 3.84. The minimum Gasteiger partial charge on any atom is -0.496 e. The molecule has 4 nitrogen and oxygen atoms in total. The van der Waals surface area contributed by atoms with Crippen LogP contribution in [0.15, 0.2) is 57.9 Å². The van der Waals surface area contributed by atoms with Crippen LogP contribution in [0.1, 0.15) is 18.5 Å². The molecule has 0 aliphatic rings. The minimum absolute atomic E-state index is 0.264. The standard InChI is InChI=1S/C16H18BrNO3S/c1-12(15-6-4-5-7-16(15)21-3)18(2)22(19,20)14-10-8-13(17)9-11-14/h4-12H,1-3H3. The number of benzene rings is 2. The maximum absolute atomic E-state index is 12.7. The Labute approximate surface area is 139 Å². The lowest BCUT2D eigenvalue weighted by molar-refractivity contribution is 0.367. The van der Waals surface area contributed by atoms with Crippen LogP contribution in [0, 0.1) is 0 Å². The Hall–Kier alpha value is -1.37. The summed E-state index contributed by atoms with van der Waals surface area (Å²) in [5.41, 5.74) is 0.827. The number of methoxy groups -OCH3 is 1. The van der Waals surface area contributed by atoms with Crippen LogP contribution < -0.4 is 4.74 Å². The summed E-state index contributed by atoms with van der Waals surface area (Å²) in [4.78, 5) is 0.264. The van der Waals surface area contributed by atoms with Gasteiger partial charge >= 0.3 is 0 Å². The summed E-state index contributed by atoms with van der Waals surface area (Å²) < 4.78 is 33.0. The van der Waals surface area contributed by atoms with Crippen molar-refractivity contribution in [2.45, 2.75) is 17.9 Å². The topological polar surface area (TPSA) is 46.6 Å². The lowest BCUT2D eigenvalue weighted by Crippen LogP contribution is -2.30. The van der Waals surface area contributed by atoms with Crippen molar-refractivity contribution in [1.82, 2.24) is 4.31 Å². The first-order valence-electron chi connectivity index (χ1n) is 6.74. The highest BCUT2D eigenvalue weighted by molar-refractivity contribution is 9.10. The van der Waals surface area contributed by atoms with Gasteiger partial charge in [-0.2, -0.15) is 4.31 Å². The molecule has 0 N–H and O–H groups in total. The Morgan fingerprint density at radius 2 is 1.68 bits per heavy atom. The molecule has 0 bridgehead atoms. The zero-order chi connectivity index (χ0) is 16.3. The second-order valence-corrected chi connectivity index (χ2v) is 7.81. The van der Waals surface area contributed by atoms with E-state index >= 15 is 0 Å². The maximum atomic E-state index is 12.7. The van der Waals surface area contributed by atoms with Crippen molar-refractivity contribution in [2.75, 3.05) is 14.2 Å². The summed E-state index contributed by atoms with van der Waals surface area (Å²) in [6.07, 6.45) is 0. The van der Waals surface area contributed by atoms with E-state index in [1.165, 1.54) is 4.31 Å². The van der Waals surface area contributed by atoms with Gasteiger partial charge in [-0.3, -0.25) is 0 Å². The number of hydrogen-bond donors (Lipinski definition) is 0. The van der Waals surface area contributed by atoms with Crippen molar-refractivity contribution in [3.63, 3.8) is 0 Å². The molecule has 0 saturated carbocycles. The summed E-state index contributed by atoms with van der Waals surface area (Å²) in [7, 11) is -0.415. The molecule has 0 spiro atoms. The fraction of sp³-hybridized carbons (Fsp3) is 0.250. The molecule has 0 heterocycles. The van der Waals surface area contributed by atoms with Gasteiger partial charge in [0.05, 0.1) is 18.0 Å². The molecular formula is C16H18BrNO3S. The Bertz CT molecular complexity index is 744. The van der Waals surface area contributed by atoms with Gasteiger partial charge in [0.15, 0.2) is 0 Å². The fourth-order valence-electron chi connectivity index (χ4n) is 2.19. The largest absolute Gasteiger partial charge is 0.496 e. The van der Waals surface area contributed by atoms with E-state index in [-0.39, 0.29) is 10.9 Å². The molecule has 0 saturated heterocycles. The van der Waals surface area contributed by atoms with E-state index in [4.69, 9.17) is 4.74 Å². The summed E-state index contributed by atoms with van der Waals surface area (Å²) >= 11 is 3.31. The quantitative estimate of drug-likeness (QED) is 0.787. The summed E-state index contributed by atoms with van der Waals surface area (Å²) in [6.45, 7) is 1.84. The molecule has 1 unspecified atom stereocenters. The number of halogens is 1. The predicted molar refractivity (Wildman–Crippen MR) is 90.5 cm³/mol. The van der Waals surface area contributed by atoms with Gasteiger partial charge in [-0.25, -0.2) is 8.42 Å². The summed E-state index contributed by atoms with van der Waals surface area (Å²) in [6, 6.07) is 13.7. The van der Waals surface area contributed by atoms with Crippen LogP contribution in [0.2, 0.25) is 0 Å². The first-order valence-corrected chi connectivity index (χ1v) is 8.97. The summed E-state index contributed by atoms with van der Waals surface area (Å²) in [5, 5.41) is 0. The van der Waals surface area contributed by atoms with Crippen LogP contribution >= 0.6 is 15.9 Å². The highest BCUT2D eigenvalue weighted by atomic mass is 79.9. The molecule has 1 atom stereocenters. The molecule has 2 aromatic rings. The molecule has 0 aromatic heterocycles. The number of ether oxygens (including phenoxy) is 1. The molecule has 0 aliphatic carbocycles. The van der Waals surface area contributed by atoms with E-state index in [2.05, 4.69) is 15.9 Å². The molecule has 118 valence electrons. The minimum atomic E-state index is -3.57. The maximum Gasteiger partial charge on any atom is 0.243 e.